The summed E-state index contributed by atoms with van der Waals surface area (Å²) in [5.41, 5.74) is 2.68. The maximum Gasteiger partial charge on any atom is 0.260 e. The number of aromatic nitrogens is 2. The Balaban J connectivity index is 1.90. The van der Waals surface area contributed by atoms with E-state index in [4.69, 9.17) is 9.47 Å². The van der Waals surface area contributed by atoms with Crippen LogP contribution in [0.3, 0.4) is 0 Å². The zero-order valence-electron chi connectivity index (χ0n) is 15.5. The van der Waals surface area contributed by atoms with Gasteiger partial charge in [-0.2, -0.15) is 0 Å². The van der Waals surface area contributed by atoms with Gasteiger partial charge in [-0.1, -0.05) is 47.2 Å². The molecule has 6 nitrogen and oxygen atoms in total. The van der Waals surface area contributed by atoms with Crippen molar-refractivity contribution in [2.24, 2.45) is 0 Å². The third kappa shape index (κ3) is 4.50. The average molecular weight is 383 g/mol. The molecule has 0 aliphatic carbocycles. The number of nitrogens with zero attached hydrogens (tertiary/aromatic N) is 3. The summed E-state index contributed by atoms with van der Waals surface area (Å²) in [6, 6.07) is 15.1. The second kappa shape index (κ2) is 8.75. The fourth-order valence-corrected chi connectivity index (χ4v) is 3.39. The molecular formula is C20H21N3O3S. The molecule has 0 saturated carbocycles. The van der Waals surface area contributed by atoms with Gasteiger partial charge in [0.2, 0.25) is 5.13 Å². The number of benzene rings is 2. The SMILES string of the molecule is COCCN(C(=O)c1cccc(OC)c1)c1nnc(-c2ccc(C)cc2)s1. The van der Waals surface area contributed by atoms with Gasteiger partial charge in [0.15, 0.2) is 0 Å². The third-order valence-electron chi connectivity index (χ3n) is 4.02. The molecule has 1 heterocycles. The van der Waals surface area contributed by atoms with Crippen LogP contribution in [0.4, 0.5) is 5.13 Å². The van der Waals surface area contributed by atoms with Crippen molar-refractivity contribution in [2.45, 2.75) is 6.92 Å². The molecule has 3 rings (SSSR count). The van der Waals surface area contributed by atoms with E-state index in [1.807, 2.05) is 31.2 Å². The lowest BCUT2D eigenvalue weighted by molar-refractivity contribution is 0.0975. The van der Waals surface area contributed by atoms with E-state index < -0.39 is 0 Å². The van der Waals surface area contributed by atoms with Crippen molar-refractivity contribution in [3.05, 3.63) is 59.7 Å². The largest absolute Gasteiger partial charge is 0.497 e. The monoisotopic (exact) mass is 383 g/mol. The molecule has 0 aliphatic rings. The summed E-state index contributed by atoms with van der Waals surface area (Å²) in [4.78, 5) is 14.7. The number of hydrogen-bond donors (Lipinski definition) is 0. The fraction of sp³-hybridized carbons (Fsp3) is 0.250. The Kier molecular flexibility index (Phi) is 6.16. The van der Waals surface area contributed by atoms with Crippen molar-refractivity contribution >= 4 is 22.4 Å². The highest BCUT2D eigenvalue weighted by Crippen LogP contribution is 2.30. The van der Waals surface area contributed by atoms with Crippen molar-refractivity contribution in [1.82, 2.24) is 10.2 Å². The molecule has 0 unspecified atom stereocenters. The number of aryl methyl sites for hydroxylation is 1. The van der Waals surface area contributed by atoms with Crippen LogP contribution in [0.1, 0.15) is 15.9 Å². The van der Waals surface area contributed by atoms with E-state index in [0.29, 0.717) is 29.6 Å². The molecule has 0 N–H and O–H groups in total. The van der Waals surface area contributed by atoms with Crippen LogP contribution in [0.5, 0.6) is 5.75 Å². The predicted octanol–water partition coefficient (Wildman–Crippen LogP) is 3.82. The maximum absolute atomic E-state index is 13.1. The number of methoxy groups -OCH3 is 2. The molecule has 0 atom stereocenters. The first-order chi connectivity index (χ1) is 13.1. The van der Waals surface area contributed by atoms with Crippen molar-refractivity contribution in [3.8, 4) is 16.3 Å². The molecule has 2 aromatic carbocycles. The van der Waals surface area contributed by atoms with E-state index in [0.717, 1.165) is 10.6 Å². The summed E-state index contributed by atoms with van der Waals surface area (Å²) in [5.74, 6) is 0.461. The molecule has 1 aromatic heterocycles. The number of carbonyl (C=O) groups is 1. The van der Waals surface area contributed by atoms with Gasteiger partial charge >= 0.3 is 0 Å². The normalized spacial score (nSPS) is 10.6. The number of rotatable bonds is 7. The Bertz CT molecular complexity index is 909. The molecule has 0 aliphatic heterocycles. The standard InChI is InChI=1S/C20H21N3O3S/c1-14-7-9-15(10-8-14)18-21-22-20(27-18)23(11-12-25-2)19(24)16-5-4-6-17(13-16)26-3/h4-10,13H,11-12H2,1-3H3. The summed E-state index contributed by atoms with van der Waals surface area (Å²) >= 11 is 1.38. The number of carbonyl (C=O) groups excluding carboxylic acids is 1. The zero-order valence-corrected chi connectivity index (χ0v) is 16.3. The Morgan fingerprint density at radius 1 is 1.11 bits per heavy atom. The van der Waals surface area contributed by atoms with Crippen LogP contribution < -0.4 is 9.64 Å². The van der Waals surface area contributed by atoms with Crippen LogP contribution in [-0.4, -0.2) is 43.5 Å². The van der Waals surface area contributed by atoms with Crippen LogP contribution >= 0.6 is 11.3 Å². The van der Waals surface area contributed by atoms with Gasteiger partial charge in [0.25, 0.3) is 5.91 Å². The Hall–Kier alpha value is -2.77. The minimum Gasteiger partial charge on any atom is -0.497 e. The van der Waals surface area contributed by atoms with Gasteiger partial charge in [-0.25, -0.2) is 0 Å². The molecule has 27 heavy (non-hydrogen) atoms. The van der Waals surface area contributed by atoms with Crippen LogP contribution in [0.15, 0.2) is 48.5 Å². The van der Waals surface area contributed by atoms with Crippen LogP contribution in [0.2, 0.25) is 0 Å². The van der Waals surface area contributed by atoms with E-state index >= 15 is 0 Å². The van der Waals surface area contributed by atoms with E-state index in [2.05, 4.69) is 10.2 Å². The Labute approximate surface area is 162 Å². The first-order valence-electron chi connectivity index (χ1n) is 8.48. The van der Waals surface area contributed by atoms with Crippen LogP contribution in [-0.2, 0) is 4.74 Å². The Morgan fingerprint density at radius 2 is 1.89 bits per heavy atom. The van der Waals surface area contributed by atoms with Gasteiger partial charge in [0, 0.05) is 18.2 Å². The van der Waals surface area contributed by atoms with Crippen LogP contribution in [0.25, 0.3) is 10.6 Å². The quantitative estimate of drug-likeness (QED) is 0.621. The maximum atomic E-state index is 13.1. The van der Waals surface area contributed by atoms with Gasteiger partial charge in [-0.15, -0.1) is 10.2 Å². The van der Waals surface area contributed by atoms with Crippen LogP contribution in [0, 0.1) is 6.92 Å². The zero-order chi connectivity index (χ0) is 19.2. The minimum atomic E-state index is -0.169. The highest BCUT2D eigenvalue weighted by Gasteiger charge is 2.22. The van der Waals surface area contributed by atoms with Gasteiger partial charge < -0.3 is 9.47 Å². The van der Waals surface area contributed by atoms with Crippen molar-refractivity contribution in [3.63, 3.8) is 0 Å². The summed E-state index contributed by atoms with van der Waals surface area (Å²) in [7, 11) is 3.18. The lowest BCUT2D eigenvalue weighted by Gasteiger charge is -2.19. The smallest absolute Gasteiger partial charge is 0.260 e. The lowest BCUT2D eigenvalue weighted by atomic mass is 10.2. The minimum absolute atomic E-state index is 0.169. The van der Waals surface area contributed by atoms with E-state index in [-0.39, 0.29) is 5.91 Å². The number of anilines is 1. The van der Waals surface area contributed by atoms with Gasteiger partial charge in [0.1, 0.15) is 10.8 Å². The second-order valence-corrected chi connectivity index (χ2v) is 6.89. The van der Waals surface area contributed by atoms with Gasteiger partial charge in [0.05, 0.1) is 20.3 Å². The molecule has 1 amide bonds. The molecular weight excluding hydrogens is 362 g/mol. The first kappa shape index (κ1) is 19.0. The predicted molar refractivity (Wildman–Crippen MR) is 107 cm³/mol. The first-order valence-corrected chi connectivity index (χ1v) is 9.29. The Morgan fingerprint density at radius 3 is 2.59 bits per heavy atom. The number of ether oxygens (including phenoxy) is 2. The molecule has 7 heteroatoms. The highest BCUT2D eigenvalue weighted by molar-refractivity contribution is 7.18. The fourth-order valence-electron chi connectivity index (χ4n) is 2.52. The van der Waals surface area contributed by atoms with Crippen molar-refractivity contribution in [1.29, 1.82) is 0 Å². The van der Waals surface area contributed by atoms with E-state index in [1.165, 1.54) is 16.9 Å². The van der Waals surface area contributed by atoms with Gasteiger partial charge in [-0.3, -0.25) is 9.69 Å². The average Bonchev–Trinajstić information content (AvgIpc) is 3.18. The summed E-state index contributed by atoms with van der Waals surface area (Å²) in [5, 5.41) is 9.81. The van der Waals surface area contributed by atoms with E-state index in [1.54, 1.807) is 43.4 Å². The lowest BCUT2D eigenvalue weighted by Crippen LogP contribution is -2.33. The molecule has 0 radical (unpaired) electrons. The molecule has 140 valence electrons. The summed E-state index contributed by atoms with van der Waals surface area (Å²) < 4.78 is 10.4. The van der Waals surface area contributed by atoms with E-state index in [9.17, 15) is 4.79 Å². The van der Waals surface area contributed by atoms with Crippen molar-refractivity contribution < 1.29 is 14.3 Å². The molecule has 0 fully saturated rings. The number of amides is 1. The summed E-state index contributed by atoms with van der Waals surface area (Å²) in [6.07, 6.45) is 0. The summed E-state index contributed by atoms with van der Waals surface area (Å²) in [6.45, 7) is 2.82. The second-order valence-electron chi connectivity index (χ2n) is 5.94. The molecule has 0 saturated heterocycles. The number of hydrogen-bond acceptors (Lipinski definition) is 6. The molecule has 0 spiro atoms. The topological polar surface area (TPSA) is 64.5 Å². The van der Waals surface area contributed by atoms with Gasteiger partial charge in [-0.05, 0) is 25.1 Å². The van der Waals surface area contributed by atoms with Crippen molar-refractivity contribution in [2.75, 3.05) is 32.3 Å². The highest BCUT2D eigenvalue weighted by atomic mass is 32.1. The molecule has 3 aromatic rings. The molecule has 0 bridgehead atoms. The third-order valence-corrected chi connectivity index (χ3v) is 5.02.